The van der Waals surface area contributed by atoms with E-state index in [-0.39, 0.29) is 17.5 Å². The number of nitrogens with zero attached hydrogens (tertiary/aromatic N) is 3. The van der Waals surface area contributed by atoms with E-state index in [0.717, 1.165) is 5.56 Å². The number of sulfone groups is 1. The van der Waals surface area contributed by atoms with Crippen LogP contribution in [-0.2, 0) is 22.8 Å². The molecule has 1 atom stereocenters. The van der Waals surface area contributed by atoms with Crippen molar-refractivity contribution in [2.24, 2.45) is 0 Å². The first-order valence-electron chi connectivity index (χ1n) is 7.28. The van der Waals surface area contributed by atoms with Crippen LogP contribution in [0.25, 0.3) is 0 Å². The van der Waals surface area contributed by atoms with E-state index in [4.69, 9.17) is 4.42 Å². The zero-order valence-corrected chi connectivity index (χ0v) is 13.3. The Labute approximate surface area is 130 Å². The van der Waals surface area contributed by atoms with Crippen LogP contribution in [0.3, 0.4) is 0 Å². The van der Waals surface area contributed by atoms with Gasteiger partial charge in [-0.05, 0) is 19.0 Å². The molecule has 1 unspecified atom stereocenters. The average molecular weight is 321 g/mol. The predicted octanol–water partition coefficient (Wildman–Crippen LogP) is 1.28. The maximum atomic E-state index is 11.5. The van der Waals surface area contributed by atoms with Gasteiger partial charge in [0.25, 0.3) is 0 Å². The topological polar surface area (TPSA) is 76.3 Å². The molecule has 0 N–H and O–H groups in total. The van der Waals surface area contributed by atoms with Gasteiger partial charge in [-0.1, -0.05) is 30.3 Å². The molecule has 1 fully saturated rings. The molecule has 0 spiro atoms. The van der Waals surface area contributed by atoms with Crippen molar-refractivity contribution in [3.63, 3.8) is 0 Å². The van der Waals surface area contributed by atoms with Crippen LogP contribution >= 0.6 is 0 Å². The van der Waals surface area contributed by atoms with Crippen molar-refractivity contribution in [3.8, 4) is 0 Å². The summed E-state index contributed by atoms with van der Waals surface area (Å²) in [5.74, 6) is 1.59. The smallest absolute Gasteiger partial charge is 0.230 e. The summed E-state index contributed by atoms with van der Waals surface area (Å²) in [6.07, 6.45) is 1.28. The van der Waals surface area contributed by atoms with Gasteiger partial charge in [0.05, 0.1) is 24.5 Å². The van der Waals surface area contributed by atoms with E-state index in [9.17, 15) is 8.42 Å². The Morgan fingerprint density at radius 1 is 1.23 bits per heavy atom. The van der Waals surface area contributed by atoms with E-state index in [1.807, 2.05) is 42.3 Å². The van der Waals surface area contributed by atoms with Crippen LogP contribution in [0, 0.1) is 0 Å². The zero-order valence-electron chi connectivity index (χ0n) is 12.5. The summed E-state index contributed by atoms with van der Waals surface area (Å²) in [6.45, 7) is 0.474. The van der Waals surface area contributed by atoms with Gasteiger partial charge >= 0.3 is 0 Å². The van der Waals surface area contributed by atoms with E-state index in [0.29, 0.717) is 31.2 Å². The van der Waals surface area contributed by atoms with Crippen LogP contribution in [0.15, 0.2) is 34.7 Å². The lowest BCUT2D eigenvalue weighted by molar-refractivity contribution is 0.227. The van der Waals surface area contributed by atoms with Gasteiger partial charge in [-0.15, -0.1) is 10.2 Å². The SMILES string of the molecule is CN(Cc1nnc(Cc2ccccc2)o1)C1CCS(=O)(=O)C1. The van der Waals surface area contributed by atoms with Gasteiger partial charge in [-0.3, -0.25) is 4.90 Å². The third-order valence-corrected chi connectivity index (χ3v) is 5.67. The number of benzene rings is 1. The molecule has 0 saturated carbocycles. The van der Waals surface area contributed by atoms with Crippen molar-refractivity contribution < 1.29 is 12.8 Å². The molecule has 7 heteroatoms. The van der Waals surface area contributed by atoms with Crippen molar-refractivity contribution in [3.05, 3.63) is 47.7 Å². The molecule has 6 nitrogen and oxygen atoms in total. The van der Waals surface area contributed by atoms with Crippen LogP contribution < -0.4 is 0 Å². The van der Waals surface area contributed by atoms with Crippen molar-refractivity contribution in [1.82, 2.24) is 15.1 Å². The first kappa shape index (κ1) is 15.2. The molecule has 0 aliphatic carbocycles. The van der Waals surface area contributed by atoms with Gasteiger partial charge in [0, 0.05) is 6.04 Å². The molecule has 0 bridgehead atoms. The lowest BCUT2D eigenvalue weighted by atomic mass is 10.2. The third kappa shape index (κ3) is 3.72. The second-order valence-electron chi connectivity index (χ2n) is 5.72. The molecular weight excluding hydrogens is 302 g/mol. The van der Waals surface area contributed by atoms with E-state index in [1.165, 1.54) is 0 Å². The van der Waals surface area contributed by atoms with Gasteiger partial charge in [0.1, 0.15) is 0 Å². The number of aromatic nitrogens is 2. The summed E-state index contributed by atoms with van der Waals surface area (Å²) in [6, 6.07) is 9.98. The lowest BCUT2D eigenvalue weighted by Crippen LogP contribution is -2.32. The Bertz CT molecular complexity index is 728. The Kier molecular flexibility index (Phi) is 4.26. The minimum Gasteiger partial charge on any atom is -0.424 e. The molecule has 118 valence electrons. The van der Waals surface area contributed by atoms with Crippen molar-refractivity contribution in [2.75, 3.05) is 18.6 Å². The summed E-state index contributed by atoms with van der Waals surface area (Å²) < 4.78 is 28.7. The fourth-order valence-corrected chi connectivity index (χ4v) is 4.46. The Morgan fingerprint density at radius 3 is 2.64 bits per heavy atom. The van der Waals surface area contributed by atoms with Crippen molar-refractivity contribution in [1.29, 1.82) is 0 Å². The van der Waals surface area contributed by atoms with E-state index >= 15 is 0 Å². The highest BCUT2D eigenvalue weighted by molar-refractivity contribution is 7.91. The highest BCUT2D eigenvalue weighted by Gasteiger charge is 2.31. The van der Waals surface area contributed by atoms with E-state index < -0.39 is 9.84 Å². The quantitative estimate of drug-likeness (QED) is 0.826. The molecule has 2 aromatic rings. The number of hydrogen-bond donors (Lipinski definition) is 0. The predicted molar refractivity (Wildman–Crippen MR) is 82.1 cm³/mol. The Hall–Kier alpha value is -1.73. The standard InChI is InChI=1S/C15H19N3O3S/c1-18(13-7-8-22(19,20)11-13)10-15-17-16-14(21-15)9-12-5-3-2-4-6-12/h2-6,13H,7-11H2,1H3. The van der Waals surface area contributed by atoms with Gasteiger partial charge in [-0.2, -0.15) is 0 Å². The minimum atomic E-state index is -2.88. The molecule has 1 aromatic carbocycles. The summed E-state index contributed by atoms with van der Waals surface area (Å²) in [4.78, 5) is 1.98. The maximum Gasteiger partial charge on any atom is 0.230 e. The first-order chi connectivity index (χ1) is 10.5. The lowest BCUT2D eigenvalue weighted by Gasteiger charge is -2.20. The second kappa shape index (κ2) is 6.18. The molecule has 0 amide bonds. The van der Waals surface area contributed by atoms with Gasteiger partial charge in [0.15, 0.2) is 9.84 Å². The van der Waals surface area contributed by atoms with Crippen LogP contribution in [0.2, 0.25) is 0 Å². The third-order valence-electron chi connectivity index (χ3n) is 3.92. The van der Waals surface area contributed by atoms with Crippen LogP contribution in [0.1, 0.15) is 23.8 Å². The molecule has 1 aliphatic rings. The molecule has 3 rings (SSSR count). The van der Waals surface area contributed by atoms with Gasteiger partial charge < -0.3 is 4.42 Å². The molecule has 1 aromatic heterocycles. The largest absolute Gasteiger partial charge is 0.424 e. The zero-order chi connectivity index (χ0) is 15.6. The van der Waals surface area contributed by atoms with Crippen molar-refractivity contribution >= 4 is 9.84 Å². The monoisotopic (exact) mass is 321 g/mol. The molecule has 1 saturated heterocycles. The van der Waals surface area contributed by atoms with Crippen LogP contribution in [-0.4, -0.2) is 48.1 Å². The van der Waals surface area contributed by atoms with E-state index in [1.54, 1.807) is 0 Å². The fraction of sp³-hybridized carbons (Fsp3) is 0.467. The number of hydrogen-bond acceptors (Lipinski definition) is 6. The maximum absolute atomic E-state index is 11.5. The van der Waals surface area contributed by atoms with Crippen LogP contribution in [0.5, 0.6) is 0 Å². The highest BCUT2D eigenvalue weighted by atomic mass is 32.2. The highest BCUT2D eigenvalue weighted by Crippen LogP contribution is 2.18. The average Bonchev–Trinajstić information content (AvgIpc) is 3.06. The summed E-state index contributed by atoms with van der Waals surface area (Å²) >= 11 is 0. The summed E-state index contributed by atoms with van der Waals surface area (Å²) in [5, 5.41) is 8.11. The van der Waals surface area contributed by atoms with Crippen molar-refractivity contribution in [2.45, 2.75) is 25.4 Å². The molecule has 0 radical (unpaired) electrons. The molecule has 1 aliphatic heterocycles. The number of rotatable bonds is 5. The first-order valence-corrected chi connectivity index (χ1v) is 9.10. The molecule has 22 heavy (non-hydrogen) atoms. The summed E-state index contributed by atoms with van der Waals surface area (Å²) in [7, 11) is -0.981. The Morgan fingerprint density at radius 2 is 1.95 bits per heavy atom. The molecular formula is C15H19N3O3S. The van der Waals surface area contributed by atoms with Crippen LogP contribution in [0.4, 0.5) is 0 Å². The normalized spacial score (nSPS) is 20.5. The van der Waals surface area contributed by atoms with Gasteiger partial charge in [-0.25, -0.2) is 8.42 Å². The second-order valence-corrected chi connectivity index (χ2v) is 7.95. The fourth-order valence-electron chi connectivity index (χ4n) is 2.66. The molecule has 2 heterocycles. The Balaban J connectivity index is 1.60. The minimum absolute atomic E-state index is 0.0365. The van der Waals surface area contributed by atoms with Gasteiger partial charge in [0.2, 0.25) is 11.8 Å². The summed E-state index contributed by atoms with van der Waals surface area (Å²) in [5.41, 5.74) is 1.12. The van der Waals surface area contributed by atoms with E-state index in [2.05, 4.69) is 10.2 Å².